The summed E-state index contributed by atoms with van der Waals surface area (Å²) in [6.45, 7) is 12.1. The minimum Gasteiger partial charge on any atom is -0.491 e. The molecular formula is C18H29NO. The fourth-order valence-electron chi connectivity index (χ4n) is 3.37. The molecule has 2 unspecified atom stereocenters. The first-order valence-corrected chi connectivity index (χ1v) is 7.91. The van der Waals surface area contributed by atoms with Gasteiger partial charge in [0, 0.05) is 6.04 Å². The van der Waals surface area contributed by atoms with Gasteiger partial charge in [-0.1, -0.05) is 33.8 Å². The molecule has 0 amide bonds. The zero-order valence-electron chi connectivity index (χ0n) is 13.6. The van der Waals surface area contributed by atoms with E-state index in [0.717, 1.165) is 24.5 Å². The van der Waals surface area contributed by atoms with Gasteiger partial charge < -0.3 is 10.1 Å². The predicted molar refractivity (Wildman–Crippen MR) is 86.6 cm³/mol. The maximum Gasteiger partial charge on any atom is 0.142 e. The topological polar surface area (TPSA) is 21.3 Å². The van der Waals surface area contributed by atoms with Crippen LogP contribution in [-0.2, 0) is 0 Å². The summed E-state index contributed by atoms with van der Waals surface area (Å²) in [5, 5.41) is 3.73. The van der Waals surface area contributed by atoms with Crippen molar-refractivity contribution in [2.75, 3.05) is 11.9 Å². The summed E-state index contributed by atoms with van der Waals surface area (Å²) in [5.41, 5.74) is 2.85. The Kier molecular flexibility index (Phi) is 4.62. The molecule has 2 atom stereocenters. The molecule has 2 rings (SSSR count). The van der Waals surface area contributed by atoms with Gasteiger partial charge in [0.2, 0.25) is 0 Å². The van der Waals surface area contributed by atoms with E-state index in [0.29, 0.717) is 17.4 Å². The van der Waals surface area contributed by atoms with Crippen molar-refractivity contribution in [2.24, 2.45) is 11.3 Å². The number of hydrogen-bond donors (Lipinski definition) is 1. The van der Waals surface area contributed by atoms with Crippen molar-refractivity contribution >= 4 is 5.69 Å². The van der Waals surface area contributed by atoms with Crippen molar-refractivity contribution < 1.29 is 4.74 Å². The Morgan fingerprint density at radius 3 is 2.65 bits per heavy atom. The molecule has 20 heavy (non-hydrogen) atoms. The lowest BCUT2D eigenvalue weighted by Crippen LogP contribution is -2.23. The van der Waals surface area contributed by atoms with Crippen LogP contribution in [0.2, 0.25) is 0 Å². The first kappa shape index (κ1) is 15.2. The van der Waals surface area contributed by atoms with Gasteiger partial charge in [-0.15, -0.1) is 0 Å². The number of nitrogens with one attached hydrogen (secondary N) is 1. The Morgan fingerprint density at radius 2 is 2.05 bits per heavy atom. The lowest BCUT2D eigenvalue weighted by Gasteiger charge is -2.22. The van der Waals surface area contributed by atoms with Gasteiger partial charge in [0.15, 0.2) is 0 Å². The van der Waals surface area contributed by atoms with Crippen molar-refractivity contribution in [3.63, 3.8) is 0 Å². The van der Waals surface area contributed by atoms with Crippen molar-refractivity contribution in [1.29, 1.82) is 0 Å². The smallest absolute Gasteiger partial charge is 0.142 e. The highest BCUT2D eigenvalue weighted by atomic mass is 16.5. The van der Waals surface area contributed by atoms with Gasteiger partial charge in [0.05, 0.1) is 12.3 Å². The molecule has 0 radical (unpaired) electrons. The van der Waals surface area contributed by atoms with E-state index in [1.807, 2.05) is 0 Å². The fraction of sp³-hybridized carbons (Fsp3) is 0.667. The molecule has 0 spiro atoms. The van der Waals surface area contributed by atoms with Crippen LogP contribution in [0.5, 0.6) is 5.75 Å². The summed E-state index contributed by atoms with van der Waals surface area (Å²) in [4.78, 5) is 0. The van der Waals surface area contributed by atoms with Gasteiger partial charge in [-0.25, -0.2) is 0 Å². The molecule has 1 fully saturated rings. The largest absolute Gasteiger partial charge is 0.491 e. The standard InChI is InChI=1S/C18H29NO/c1-6-9-20-17-10-13(2)7-8-15(17)19-16-12-18(4,5)11-14(16)3/h7-8,10,14,16,19H,6,9,11-12H2,1-5H3. The molecule has 0 bridgehead atoms. The lowest BCUT2D eigenvalue weighted by molar-refractivity contribution is 0.318. The molecule has 0 heterocycles. The molecule has 1 aromatic rings. The highest BCUT2D eigenvalue weighted by molar-refractivity contribution is 5.58. The molecule has 2 nitrogen and oxygen atoms in total. The predicted octanol–water partition coefficient (Wildman–Crippen LogP) is 5.02. The van der Waals surface area contributed by atoms with E-state index in [2.05, 4.69) is 58.1 Å². The Hall–Kier alpha value is -1.18. The normalized spacial score (nSPS) is 24.6. The average molecular weight is 275 g/mol. The summed E-state index contributed by atoms with van der Waals surface area (Å²) in [7, 11) is 0. The number of hydrogen-bond acceptors (Lipinski definition) is 2. The second-order valence-corrected chi connectivity index (χ2v) is 7.15. The molecule has 1 saturated carbocycles. The second kappa shape index (κ2) is 6.07. The lowest BCUT2D eigenvalue weighted by atomic mass is 9.91. The van der Waals surface area contributed by atoms with Crippen molar-refractivity contribution in [3.8, 4) is 5.75 Å². The average Bonchev–Trinajstić information content (AvgIpc) is 2.62. The van der Waals surface area contributed by atoms with Crippen LogP contribution >= 0.6 is 0 Å². The molecule has 0 aromatic heterocycles. The molecule has 1 aliphatic carbocycles. The Morgan fingerprint density at radius 1 is 1.30 bits per heavy atom. The van der Waals surface area contributed by atoms with E-state index in [1.165, 1.54) is 18.4 Å². The summed E-state index contributed by atoms with van der Waals surface area (Å²) in [5.74, 6) is 1.72. The molecule has 1 aromatic carbocycles. The van der Waals surface area contributed by atoms with Crippen LogP contribution in [0.25, 0.3) is 0 Å². The van der Waals surface area contributed by atoms with E-state index in [4.69, 9.17) is 4.74 Å². The summed E-state index contributed by atoms with van der Waals surface area (Å²) < 4.78 is 5.90. The van der Waals surface area contributed by atoms with Crippen LogP contribution in [0.15, 0.2) is 18.2 Å². The van der Waals surface area contributed by atoms with E-state index in [1.54, 1.807) is 0 Å². The molecule has 1 N–H and O–H groups in total. The molecule has 0 saturated heterocycles. The maximum absolute atomic E-state index is 5.90. The van der Waals surface area contributed by atoms with Crippen molar-refractivity contribution in [1.82, 2.24) is 0 Å². The number of anilines is 1. The monoisotopic (exact) mass is 275 g/mol. The first-order chi connectivity index (χ1) is 9.41. The van der Waals surface area contributed by atoms with Crippen LogP contribution in [0, 0.1) is 18.3 Å². The van der Waals surface area contributed by atoms with Crippen LogP contribution in [-0.4, -0.2) is 12.6 Å². The third kappa shape index (κ3) is 3.68. The van der Waals surface area contributed by atoms with E-state index in [-0.39, 0.29) is 0 Å². The Balaban J connectivity index is 2.12. The Bertz CT molecular complexity index is 453. The summed E-state index contributed by atoms with van der Waals surface area (Å²) in [6.07, 6.45) is 3.57. The minimum absolute atomic E-state index is 0.451. The van der Waals surface area contributed by atoms with Gasteiger partial charge in [-0.2, -0.15) is 0 Å². The van der Waals surface area contributed by atoms with Crippen molar-refractivity contribution in [3.05, 3.63) is 23.8 Å². The summed E-state index contributed by atoms with van der Waals surface area (Å²) in [6, 6.07) is 7.02. The van der Waals surface area contributed by atoms with Crippen LogP contribution in [0.1, 0.15) is 52.5 Å². The minimum atomic E-state index is 0.451. The van der Waals surface area contributed by atoms with E-state index >= 15 is 0 Å². The van der Waals surface area contributed by atoms with Gasteiger partial charge >= 0.3 is 0 Å². The van der Waals surface area contributed by atoms with Crippen LogP contribution < -0.4 is 10.1 Å². The third-order valence-corrected chi connectivity index (χ3v) is 4.27. The number of aryl methyl sites for hydroxylation is 1. The highest BCUT2D eigenvalue weighted by Gasteiger charge is 2.36. The fourth-order valence-corrected chi connectivity index (χ4v) is 3.37. The van der Waals surface area contributed by atoms with E-state index < -0.39 is 0 Å². The van der Waals surface area contributed by atoms with Gasteiger partial charge in [-0.3, -0.25) is 0 Å². The quantitative estimate of drug-likeness (QED) is 0.814. The first-order valence-electron chi connectivity index (χ1n) is 7.91. The van der Waals surface area contributed by atoms with Crippen LogP contribution in [0.4, 0.5) is 5.69 Å². The van der Waals surface area contributed by atoms with E-state index in [9.17, 15) is 0 Å². The molecule has 2 heteroatoms. The van der Waals surface area contributed by atoms with Crippen LogP contribution in [0.3, 0.4) is 0 Å². The summed E-state index contributed by atoms with van der Waals surface area (Å²) >= 11 is 0. The second-order valence-electron chi connectivity index (χ2n) is 7.15. The van der Waals surface area contributed by atoms with Crippen molar-refractivity contribution in [2.45, 2.75) is 59.9 Å². The number of ether oxygens (including phenoxy) is 1. The maximum atomic E-state index is 5.90. The van der Waals surface area contributed by atoms with Gasteiger partial charge in [0.1, 0.15) is 5.75 Å². The molecule has 1 aliphatic rings. The number of rotatable bonds is 5. The molecule has 0 aliphatic heterocycles. The molecule has 112 valence electrons. The molecular weight excluding hydrogens is 246 g/mol. The van der Waals surface area contributed by atoms with Gasteiger partial charge in [-0.05, 0) is 55.2 Å². The number of benzene rings is 1. The third-order valence-electron chi connectivity index (χ3n) is 4.27. The SMILES string of the molecule is CCCOc1cc(C)ccc1NC1CC(C)(C)CC1C. The Labute approximate surface area is 123 Å². The highest BCUT2D eigenvalue weighted by Crippen LogP contribution is 2.43. The zero-order chi connectivity index (χ0) is 14.8. The zero-order valence-corrected chi connectivity index (χ0v) is 13.6. The van der Waals surface area contributed by atoms with Gasteiger partial charge in [0.25, 0.3) is 0 Å².